The number of nitrogens with one attached hydrogen (secondary N) is 1. The second kappa shape index (κ2) is 4.58. The highest BCUT2D eigenvalue weighted by molar-refractivity contribution is 5.50. The Balaban J connectivity index is 2.06. The van der Waals surface area contributed by atoms with Crippen molar-refractivity contribution in [2.75, 3.05) is 6.54 Å². The summed E-state index contributed by atoms with van der Waals surface area (Å²) in [6.45, 7) is 2.87. The second-order valence-corrected chi connectivity index (χ2v) is 4.07. The number of halogens is 1. The van der Waals surface area contributed by atoms with Gasteiger partial charge in [0.05, 0.1) is 0 Å². The molecule has 1 saturated heterocycles. The van der Waals surface area contributed by atoms with Gasteiger partial charge in [0.2, 0.25) is 0 Å². The molecule has 1 atom stereocenters. The number of rotatable bonds is 2. The first-order chi connectivity index (χ1) is 7.25. The van der Waals surface area contributed by atoms with Gasteiger partial charge in [-0.05, 0) is 43.5 Å². The molecule has 80 valence electrons. The van der Waals surface area contributed by atoms with Crippen LogP contribution in [0.3, 0.4) is 0 Å². The lowest BCUT2D eigenvalue weighted by atomic mass is 10.1. The first kappa shape index (κ1) is 10.4. The molecular formula is C13H16FN. The van der Waals surface area contributed by atoms with Crippen molar-refractivity contribution in [2.45, 2.75) is 25.8 Å². The molecule has 2 rings (SSSR count). The van der Waals surface area contributed by atoms with E-state index in [9.17, 15) is 4.39 Å². The highest BCUT2D eigenvalue weighted by Crippen LogP contribution is 2.12. The molecule has 0 saturated carbocycles. The van der Waals surface area contributed by atoms with Crippen molar-refractivity contribution in [3.05, 3.63) is 41.2 Å². The van der Waals surface area contributed by atoms with Gasteiger partial charge >= 0.3 is 0 Å². The van der Waals surface area contributed by atoms with Crippen molar-refractivity contribution >= 4 is 6.08 Å². The molecule has 1 aromatic carbocycles. The predicted octanol–water partition coefficient (Wildman–Crippen LogP) is 2.90. The van der Waals surface area contributed by atoms with Crippen LogP contribution in [0.5, 0.6) is 0 Å². The van der Waals surface area contributed by atoms with Crippen LogP contribution in [0.25, 0.3) is 6.08 Å². The summed E-state index contributed by atoms with van der Waals surface area (Å²) >= 11 is 0. The summed E-state index contributed by atoms with van der Waals surface area (Å²) in [6, 6.07) is 5.82. The van der Waals surface area contributed by atoms with E-state index in [4.69, 9.17) is 0 Å². The van der Waals surface area contributed by atoms with E-state index >= 15 is 0 Å². The van der Waals surface area contributed by atoms with E-state index in [-0.39, 0.29) is 5.82 Å². The van der Waals surface area contributed by atoms with Crippen LogP contribution in [-0.2, 0) is 0 Å². The summed E-state index contributed by atoms with van der Waals surface area (Å²) in [6.07, 6.45) is 6.53. The third-order valence-electron chi connectivity index (χ3n) is 2.82. The van der Waals surface area contributed by atoms with Gasteiger partial charge in [-0.15, -0.1) is 0 Å². The smallest absolute Gasteiger partial charge is 0.126 e. The summed E-state index contributed by atoms with van der Waals surface area (Å²) in [7, 11) is 0. The molecule has 0 radical (unpaired) electrons. The zero-order valence-corrected chi connectivity index (χ0v) is 8.96. The summed E-state index contributed by atoms with van der Waals surface area (Å²) in [5.41, 5.74) is 1.64. The molecule has 15 heavy (non-hydrogen) atoms. The zero-order valence-electron chi connectivity index (χ0n) is 8.96. The molecule has 0 bridgehead atoms. The minimum absolute atomic E-state index is 0.128. The Kier molecular flexibility index (Phi) is 3.17. The topological polar surface area (TPSA) is 12.0 Å². The van der Waals surface area contributed by atoms with E-state index in [0.717, 1.165) is 12.1 Å². The van der Waals surface area contributed by atoms with Crippen LogP contribution in [-0.4, -0.2) is 12.6 Å². The maximum Gasteiger partial charge on any atom is 0.126 e. The van der Waals surface area contributed by atoms with Crippen LogP contribution in [0.15, 0.2) is 24.3 Å². The molecular weight excluding hydrogens is 189 g/mol. The fourth-order valence-corrected chi connectivity index (χ4v) is 1.82. The lowest BCUT2D eigenvalue weighted by Gasteiger charge is -2.02. The van der Waals surface area contributed by atoms with E-state index in [1.165, 1.54) is 12.8 Å². The lowest BCUT2D eigenvalue weighted by molar-refractivity contribution is 0.618. The van der Waals surface area contributed by atoms with Crippen LogP contribution in [0.1, 0.15) is 24.0 Å². The quantitative estimate of drug-likeness (QED) is 0.782. The van der Waals surface area contributed by atoms with Crippen molar-refractivity contribution in [1.29, 1.82) is 0 Å². The van der Waals surface area contributed by atoms with Crippen LogP contribution in [0.4, 0.5) is 4.39 Å². The summed E-state index contributed by atoms with van der Waals surface area (Å²) in [5, 5.41) is 3.37. The van der Waals surface area contributed by atoms with Gasteiger partial charge in [0, 0.05) is 6.04 Å². The monoisotopic (exact) mass is 205 g/mol. The summed E-state index contributed by atoms with van der Waals surface area (Å²) in [5.74, 6) is -0.128. The normalized spacial score (nSPS) is 21.3. The van der Waals surface area contributed by atoms with Crippen molar-refractivity contribution in [3.8, 4) is 0 Å². The van der Waals surface area contributed by atoms with Gasteiger partial charge in [0.1, 0.15) is 5.82 Å². The van der Waals surface area contributed by atoms with Gasteiger partial charge in [-0.3, -0.25) is 0 Å². The Hall–Kier alpha value is -1.15. The highest BCUT2D eigenvalue weighted by atomic mass is 19.1. The molecule has 1 unspecified atom stereocenters. The van der Waals surface area contributed by atoms with E-state index in [1.54, 1.807) is 13.0 Å². The number of aryl methyl sites for hydroxylation is 1. The molecule has 1 aliphatic rings. The minimum Gasteiger partial charge on any atom is -0.311 e. The molecule has 1 aromatic rings. The van der Waals surface area contributed by atoms with E-state index in [1.807, 2.05) is 18.2 Å². The van der Waals surface area contributed by atoms with Crippen molar-refractivity contribution < 1.29 is 4.39 Å². The number of benzene rings is 1. The van der Waals surface area contributed by atoms with Crippen molar-refractivity contribution in [1.82, 2.24) is 5.32 Å². The third-order valence-corrected chi connectivity index (χ3v) is 2.82. The van der Waals surface area contributed by atoms with Crippen molar-refractivity contribution in [3.63, 3.8) is 0 Å². The summed E-state index contributed by atoms with van der Waals surface area (Å²) < 4.78 is 13.2. The molecule has 1 N–H and O–H groups in total. The SMILES string of the molecule is Cc1ccc(/C=C/C2CCCN2)cc1F. The standard InChI is InChI=1S/C13H16FN/c1-10-4-5-11(9-13(10)14)6-7-12-3-2-8-15-12/h4-7,9,12,15H,2-3,8H2,1H3/b7-6+. The van der Waals surface area contributed by atoms with Crippen LogP contribution in [0, 0.1) is 12.7 Å². The first-order valence-electron chi connectivity index (χ1n) is 5.43. The van der Waals surface area contributed by atoms with E-state index in [2.05, 4.69) is 11.4 Å². The van der Waals surface area contributed by atoms with Crippen LogP contribution < -0.4 is 5.32 Å². The average Bonchev–Trinajstić information content (AvgIpc) is 2.73. The van der Waals surface area contributed by atoms with Gasteiger partial charge in [-0.1, -0.05) is 24.3 Å². The van der Waals surface area contributed by atoms with Gasteiger partial charge in [-0.25, -0.2) is 4.39 Å². The average molecular weight is 205 g/mol. The molecule has 2 heteroatoms. The molecule has 1 nitrogen and oxygen atoms in total. The maximum atomic E-state index is 13.2. The molecule has 1 heterocycles. The number of hydrogen-bond donors (Lipinski definition) is 1. The Morgan fingerprint density at radius 1 is 1.47 bits per heavy atom. The zero-order chi connectivity index (χ0) is 10.7. The predicted molar refractivity (Wildman–Crippen MR) is 61.2 cm³/mol. The Bertz CT molecular complexity index is 365. The minimum atomic E-state index is -0.128. The highest BCUT2D eigenvalue weighted by Gasteiger charge is 2.09. The van der Waals surface area contributed by atoms with E-state index < -0.39 is 0 Å². The number of hydrogen-bond acceptors (Lipinski definition) is 1. The largest absolute Gasteiger partial charge is 0.311 e. The second-order valence-electron chi connectivity index (χ2n) is 4.07. The fourth-order valence-electron chi connectivity index (χ4n) is 1.82. The van der Waals surface area contributed by atoms with Gasteiger partial charge in [0.15, 0.2) is 0 Å². The van der Waals surface area contributed by atoms with E-state index in [0.29, 0.717) is 11.6 Å². The molecule has 0 aliphatic carbocycles. The molecule has 0 spiro atoms. The van der Waals surface area contributed by atoms with Gasteiger partial charge < -0.3 is 5.32 Å². The van der Waals surface area contributed by atoms with Crippen molar-refractivity contribution in [2.24, 2.45) is 0 Å². The van der Waals surface area contributed by atoms with Crippen LogP contribution in [0.2, 0.25) is 0 Å². The molecule has 1 aliphatic heterocycles. The molecule has 0 amide bonds. The summed E-state index contributed by atoms with van der Waals surface area (Å²) in [4.78, 5) is 0. The Morgan fingerprint density at radius 3 is 3.00 bits per heavy atom. The first-order valence-corrected chi connectivity index (χ1v) is 5.43. The Morgan fingerprint density at radius 2 is 2.33 bits per heavy atom. The van der Waals surface area contributed by atoms with Gasteiger partial charge in [-0.2, -0.15) is 0 Å². The maximum absolute atomic E-state index is 13.2. The molecule has 1 fully saturated rings. The third kappa shape index (κ3) is 2.66. The molecule has 0 aromatic heterocycles. The van der Waals surface area contributed by atoms with Crippen LogP contribution >= 0.6 is 0 Å². The Labute approximate surface area is 90.0 Å². The fraction of sp³-hybridized carbons (Fsp3) is 0.385. The van der Waals surface area contributed by atoms with Gasteiger partial charge in [0.25, 0.3) is 0 Å². The lowest BCUT2D eigenvalue weighted by Crippen LogP contribution is -2.17.